The minimum Gasteiger partial charge on any atom is -0.492 e. The Morgan fingerprint density at radius 1 is 1.17 bits per heavy atom. The van der Waals surface area contributed by atoms with Crippen LogP contribution in [-0.2, 0) is 16.1 Å². The van der Waals surface area contributed by atoms with Gasteiger partial charge in [0.15, 0.2) is 0 Å². The van der Waals surface area contributed by atoms with Gasteiger partial charge in [0.2, 0.25) is 11.7 Å². The van der Waals surface area contributed by atoms with Gasteiger partial charge in [-0.3, -0.25) is 14.5 Å². The maximum atomic E-state index is 13.6. The fourth-order valence-electron chi connectivity index (χ4n) is 4.22. The van der Waals surface area contributed by atoms with E-state index < -0.39 is 11.9 Å². The molecule has 1 aliphatic carbocycles. The average Bonchev–Trinajstić information content (AvgIpc) is 3.53. The van der Waals surface area contributed by atoms with Crippen LogP contribution in [0.25, 0.3) is 11.4 Å². The summed E-state index contributed by atoms with van der Waals surface area (Å²) in [6, 6.07) is 12.1. The minimum atomic E-state index is -0.787. The summed E-state index contributed by atoms with van der Waals surface area (Å²) >= 11 is 0. The zero-order chi connectivity index (χ0) is 24.8. The summed E-state index contributed by atoms with van der Waals surface area (Å²) in [7, 11) is 0. The first kappa shape index (κ1) is 24.3. The first-order chi connectivity index (χ1) is 17.0. The summed E-state index contributed by atoms with van der Waals surface area (Å²) in [6.07, 6.45) is 4.06. The number of amides is 2. The van der Waals surface area contributed by atoms with Crippen LogP contribution in [0.2, 0.25) is 0 Å². The molecule has 0 spiro atoms. The van der Waals surface area contributed by atoms with Crippen molar-refractivity contribution in [2.24, 2.45) is 0 Å². The third kappa shape index (κ3) is 5.82. The number of anilines is 1. The molecule has 35 heavy (non-hydrogen) atoms. The molecule has 3 aromatic rings. The van der Waals surface area contributed by atoms with Gasteiger partial charge in [-0.05, 0) is 68.3 Å². The zero-order valence-electron chi connectivity index (χ0n) is 19.9. The molecule has 9 nitrogen and oxygen atoms in total. The first-order valence-electron chi connectivity index (χ1n) is 11.8. The third-order valence-electron chi connectivity index (χ3n) is 5.99. The highest BCUT2D eigenvalue weighted by Gasteiger charge is 2.31. The molecular weight excluding hydrogens is 451 g/mol. The van der Waals surface area contributed by atoms with Crippen molar-refractivity contribution in [3.8, 4) is 17.1 Å². The van der Waals surface area contributed by atoms with Crippen LogP contribution in [0, 0.1) is 5.82 Å². The average molecular weight is 481 g/mol. The van der Waals surface area contributed by atoms with Gasteiger partial charge in [0.1, 0.15) is 24.2 Å². The van der Waals surface area contributed by atoms with Crippen molar-refractivity contribution in [2.75, 3.05) is 11.5 Å². The summed E-state index contributed by atoms with van der Waals surface area (Å²) < 4.78 is 19.0. The number of halogens is 1. The number of tetrazole rings is 1. The summed E-state index contributed by atoms with van der Waals surface area (Å²) in [6.45, 7) is 3.72. The number of hydrogen-bond acceptors (Lipinski definition) is 6. The predicted octanol–water partition coefficient (Wildman–Crippen LogP) is 3.36. The van der Waals surface area contributed by atoms with Gasteiger partial charge in [0.25, 0.3) is 5.91 Å². The monoisotopic (exact) mass is 480 g/mol. The number of ether oxygens (including phenoxy) is 1. The smallest absolute Gasteiger partial charge is 0.251 e. The van der Waals surface area contributed by atoms with Crippen LogP contribution >= 0.6 is 0 Å². The fourth-order valence-corrected chi connectivity index (χ4v) is 4.22. The molecular formula is C25H29FN6O3. The molecule has 0 saturated heterocycles. The van der Waals surface area contributed by atoms with E-state index in [9.17, 15) is 14.0 Å². The van der Waals surface area contributed by atoms with Crippen molar-refractivity contribution in [1.82, 2.24) is 25.5 Å². The van der Waals surface area contributed by atoms with Crippen LogP contribution in [0.1, 0.15) is 39.5 Å². The van der Waals surface area contributed by atoms with Crippen LogP contribution in [-0.4, -0.2) is 50.7 Å². The second-order valence-electron chi connectivity index (χ2n) is 8.48. The van der Waals surface area contributed by atoms with Gasteiger partial charge >= 0.3 is 0 Å². The number of carbonyl (C=O) groups is 2. The van der Waals surface area contributed by atoms with Gasteiger partial charge in [-0.15, -0.1) is 10.2 Å². The largest absolute Gasteiger partial charge is 0.492 e. The van der Waals surface area contributed by atoms with E-state index in [4.69, 9.17) is 4.74 Å². The van der Waals surface area contributed by atoms with Crippen LogP contribution in [0.5, 0.6) is 5.75 Å². The molecule has 1 atom stereocenters. The second-order valence-corrected chi connectivity index (χ2v) is 8.48. The number of carbonyl (C=O) groups excluding carboxylic acids is 2. The predicted molar refractivity (Wildman–Crippen MR) is 128 cm³/mol. The first-order valence-corrected chi connectivity index (χ1v) is 11.8. The number of nitrogens with zero attached hydrogens (tertiary/aromatic N) is 5. The van der Waals surface area contributed by atoms with Crippen molar-refractivity contribution in [3.63, 3.8) is 0 Å². The molecule has 1 aliphatic rings. The number of aromatic nitrogens is 4. The number of nitrogens with one attached hydrogen (secondary N) is 1. The fraction of sp³-hybridized carbons (Fsp3) is 0.400. The maximum absolute atomic E-state index is 13.6. The van der Waals surface area contributed by atoms with Gasteiger partial charge in [-0.1, -0.05) is 25.0 Å². The zero-order valence-corrected chi connectivity index (χ0v) is 19.9. The van der Waals surface area contributed by atoms with Crippen molar-refractivity contribution in [2.45, 2.75) is 58.2 Å². The molecule has 1 N–H and O–H groups in total. The molecule has 1 saturated carbocycles. The van der Waals surface area contributed by atoms with Gasteiger partial charge in [-0.25, -0.2) is 4.39 Å². The Morgan fingerprint density at radius 3 is 2.60 bits per heavy atom. The van der Waals surface area contributed by atoms with Gasteiger partial charge < -0.3 is 10.1 Å². The van der Waals surface area contributed by atoms with E-state index >= 15 is 0 Å². The quantitative estimate of drug-likeness (QED) is 0.504. The molecule has 1 fully saturated rings. The van der Waals surface area contributed by atoms with Gasteiger partial charge in [0.05, 0.1) is 12.3 Å². The molecule has 2 amide bonds. The topological polar surface area (TPSA) is 102 Å². The van der Waals surface area contributed by atoms with Crippen molar-refractivity contribution in [1.29, 1.82) is 0 Å². The van der Waals surface area contributed by atoms with Crippen molar-refractivity contribution >= 4 is 17.5 Å². The number of para-hydroxylation sites is 2. The summed E-state index contributed by atoms with van der Waals surface area (Å²) in [5.41, 5.74) is 1.07. The lowest BCUT2D eigenvalue weighted by Gasteiger charge is -2.30. The van der Waals surface area contributed by atoms with Gasteiger partial charge in [0, 0.05) is 11.6 Å². The van der Waals surface area contributed by atoms with E-state index in [1.54, 1.807) is 37.3 Å². The molecule has 0 aliphatic heterocycles. The molecule has 0 radical (unpaired) electrons. The summed E-state index contributed by atoms with van der Waals surface area (Å²) in [4.78, 5) is 29.3. The highest BCUT2D eigenvalue weighted by atomic mass is 19.1. The van der Waals surface area contributed by atoms with Crippen molar-refractivity contribution < 1.29 is 18.7 Å². The molecule has 184 valence electrons. The lowest BCUT2D eigenvalue weighted by Crippen LogP contribution is -2.51. The number of rotatable bonds is 9. The lowest BCUT2D eigenvalue weighted by atomic mass is 10.1. The Hall–Kier alpha value is -3.82. The summed E-state index contributed by atoms with van der Waals surface area (Å²) in [5.74, 6) is -0.220. The van der Waals surface area contributed by atoms with E-state index in [2.05, 4.69) is 20.7 Å². The molecule has 10 heteroatoms. The Balaban J connectivity index is 1.58. The molecule has 2 aromatic carbocycles. The molecule has 1 heterocycles. The standard InChI is InChI=1S/C25H29FN6O3/c1-3-35-22-11-7-6-10-21(22)32(17(2)25(34)27-20-8-4-5-9-20)23(33)16-31-29-24(28-30-31)18-12-14-19(26)15-13-18/h6-7,10-15,17,20H,3-5,8-9,16H2,1-2H3,(H,27,34)/t17-/m1/s1. The molecule has 1 aromatic heterocycles. The Kier molecular flexibility index (Phi) is 7.69. The highest BCUT2D eigenvalue weighted by molar-refractivity contribution is 6.01. The Morgan fingerprint density at radius 2 is 1.89 bits per heavy atom. The number of hydrogen-bond donors (Lipinski definition) is 1. The second kappa shape index (κ2) is 11.1. The van der Waals surface area contributed by atoms with Crippen LogP contribution in [0.3, 0.4) is 0 Å². The maximum Gasteiger partial charge on any atom is 0.251 e. The Bertz CT molecular complexity index is 1160. The van der Waals surface area contributed by atoms with Crippen LogP contribution in [0.4, 0.5) is 10.1 Å². The highest BCUT2D eigenvalue weighted by Crippen LogP contribution is 2.30. The third-order valence-corrected chi connectivity index (χ3v) is 5.99. The normalized spacial score (nSPS) is 14.5. The van der Waals surface area contributed by atoms with E-state index in [1.165, 1.54) is 21.8 Å². The van der Waals surface area contributed by atoms with E-state index in [0.717, 1.165) is 25.7 Å². The van der Waals surface area contributed by atoms with Crippen LogP contribution in [0.15, 0.2) is 48.5 Å². The Labute approximate surface area is 203 Å². The van der Waals surface area contributed by atoms with Gasteiger partial charge in [-0.2, -0.15) is 4.80 Å². The van der Waals surface area contributed by atoms with Crippen molar-refractivity contribution in [3.05, 3.63) is 54.3 Å². The molecule has 0 bridgehead atoms. The summed E-state index contributed by atoms with van der Waals surface area (Å²) in [5, 5.41) is 15.3. The SMILES string of the molecule is CCOc1ccccc1N(C(=O)Cn1nnc(-c2ccc(F)cc2)n1)[C@H](C)C(=O)NC1CCCC1. The molecule has 0 unspecified atom stereocenters. The molecule has 4 rings (SSSR count). The van der Waals surface area contributed by atoms with Crippen LogP contribution < -0.4 is 15.0 Å². The van der Waals surface area contributed by atoms with E-state index in [-0.39, 0.29) is 30.1 Å². The van der Waals surface area contributed by atoms with E-state index in [0.29, 0.717) is 23.6 Å². The lowest BCUT2D eigenvalue weighted by molar-refractivity contribution is -0.127. The van der Waals surface area contributed by atoms with E-state index in [1.807, 2.05) is 13.0 Å². The number of benzene rings is 2. The minimum absolute atomic E-state index is 0.124.